The van der Waals surface area contributed by atoms with Crippen LogP contribution in [0.3, 0.4) is 0 Å². The Morgan fingerprint density at radius 2 is 1.75 bits per heavy atom. The molecule has 6 nitrogen and oxygen atoms in total. The number of nitrogens with one attached hydrogen (secondary N) is 1. The predicted octanol–water partition coefficient (Wildman–Crippen LogP) is 4.17. The molecule has 0 aromatic heterocycles. The first-order chi connectivity index (χ1) is 13.6. The van der Waals surface area contributed by atoms with Gasteiger partial charge in [0.15, 0.2) is 11.5 Å². The van der Waals surface area contributed by atoms with E-state index in [9.17, 15) is 9.59 Å². The lowest BCUT2D eigenvalue weighted by Crippen LogP contribution is -2.12. The number of methoxy groups -OCH3 is 2. The van der Waals surface area contributed by atoms with Gasteiger partial charge in [-0.05, 0) is 49.4 Å². The van der Waals surface area contributed by atoms with E-state index in [2.05, 4.69) is 5.32 Å². The molecule has 0 aliphatic heterocycles. The number of carbonyl (C=O) groups excluding carboxylic acids is 2. The van der Waals surface area contributed by atoms with Crippen LogP contribution >= 0.6 is 11.8 Å². The standard InChI is InChI=1S/C21H23NO5S/c1-4-27-20(23)6-5-13-28-17-10-8-16(9-11-17)22-21(24)15-7-12-18(25-2)19(14-15)26-3/h5-12,14H,4,13H2,1-3H3,(H,22,24)/b6-5+. The lowest BCUT2D eigenvalue weighted by molar-refractivity contribution is -0.137. The maximum Gasteiger partial charge on any atom is 0.330 e. The van der Waals surface area contributed by atoms with E-state index in [0.717, 1.165) is 4.90 Å². The molecule has 0 aliphatic rings. The monoisotopic (exact) mass is 401 g/mol. The highest BCUT2D eigenvalue weighted by molar-refractivity contribution is 7.99. The third kappa shape index (κ3) is 6.35. The maximum atomic E-state index is 12.4. The number of hydrogen-bond acceptors (Lipinski definition) is 6. The van der Waals surface area contributed by atoms with E-state index >= 15 is 0 Å². The van der Waals surface area contributed by atoms with Gasteiger partial charge in [-0.15, -0.1) is 11.8 Å². The third-order valence-corrected chi connectivity index (χ3v) is 4.61. The smallest absolute Gasteiger partial charge is 0.330 e. The van der Waals surface area contributed by atoms with Gasteiger partial charge in [0.1, 0.15) is 0 Å². The molecule has 0 atom stereocenters. The van der Waals surface area contributed by atoms with Gasteiger partial charge in [-0.2, -0.15) is 0 Å². The van der Waals surface area contributed by atoms with Crippen molar-refractivity contribution in [3.63, 3.8) is 0 Å². The van der Waals surface area contributed by atoms with Gasteiger partial charge in [0, 0.05) is 28.0 Å². The van der Waals surface area contributed by atoms with Crippen molar-refractivity contribution in [2.24, 2.45) is 0 Å². The van der Waals surface area contributed by atoms with Gasteiger partial charge < -0.3 is 19.5 Å². The van der Waals surface area contributed by atoms with Gasteiger partial charge in [-0.3, -0.25) is 4.79 Å². The summed E-state index contributed by atoms with van der Waals surface area (Å²) >= 11 is 1.58. The van der Waals surface area contributed by atoms with Gasteiger partial charge in [0.25, 0.3) is 5.91 Å². The van der Waals surface area contributed by atoms with Gasteiger partial charge in [0.2, 0.25) is 0 Å². The molecule has 1 amide bonds. The average molecular weight is 401 g/mol. The van der Waals surface area contributed by atoms with Crippen LogP contribution in [0.5, 0.6) is 11.5 Å². The fourth-order valence-corrected chi connectivity index (χ4v) is 3.01. The first-order valence-electron chi connectivity index (χ1n) is 8.67. The van der Waals surface area contributed by atoms with Crippen LogP contribution in [0.4, 0.5) is 5.69 Å². The summed E-state index contributed by atoms with van der Waals surface area (Å²) in [4.78, 5) is 24.7. The third-order valence-electron chi connectivity index (χ3n) is 3.64. The molecule has 0 heterocycles. The lowest BCUT2D eigenvalue weighted by Gasteiger charge is -2.10. The highest BCUT2D eigenvalue weighted by Gasteiger charge is 2.11. The van der Waals surface area contributed by atoms with Crippen LogP contribution in [0, 0.1) is 0 Å². The van der Waals surface area contributed by atoms with E-state index in [1.165, 1.54) is 13.2 Å². The normalized spacial score (nSPS) is 10.5. The molecule has 0 spiro atoms. The molecule has 2 aromatic rings. The van der Waals surface area contributed by atoms with Crippen LogP contribution in [0.15, 0.2) is 59.5 Å². The van der Waals surface area contributed by atoms with Crippen molar-refractivity contribution in [1.29, 1.82) is 0 Å². The molecule has 0 unspecified atom stereocenters. The van der Waals surface area contributed by atoms with Crippen molar-refractivity contribution >= 4 is 29.3 Å². The lowest BCUT2D eigenvalue weighted by atomic mass is 10.2. The number of ether oxygens (including phenoxy) is 3. The Kier molecular flexibility index (Phi) is 8.42. The summed E-state index contributed by atoms with van der Waals surface area (Å²) in [5.74, 6) is 1.14. The SMILES string of the molecule is CCOC(=O)/C=C/CSc1ccc(NC(=O)c2ccc(OC)c(OC)c2)cc1. The zero-order valence-electron chi connectivity index (χ0n) is 16.1. The van der Waals surface area contributed by atoms with Crippen molar-refractivity contribution in [1.82, 2.24) is 0 Å². The summed E-state index contributed by atoms with van der Waals surface area (Å²) in [5.41, 5.74) is 1.16. The minimum Gasteiger partial charge on any atom is -0.493 e. The summed E-state index contributed by atoms with van der Waals surface area (Å²) in [6.45, 7) is 2.14. The number of benzene rings is 2. The van der Waals surface area contributed by atoms with Gasteiger partial charge in [-0.25, -0.2) is 4.79 Å². The van der Waals surface area contributed by atoms with Crippen molar-refractivity contribution in [3.8, 4) is 11.5 Å². The van der Waals surface area contributed by atoms with Crippen LogP contribution in [0.25, 0.3) is 0 Å². The van der Waals surface area contributed by atoms with Crippen LogP contribution in [0.2, 0.25) is 0 Å². The maximum absolute atomic E-state index is 12.4. The Bertz CT molecular complexity index is 833. The fraction of sp³-hybridized carbons (Fsp3) is 0.238. The second-order valence-electron chi connectivity index (χ2n) is 5.51. The quantitative estimate of drug-likeness (QED) is 0.386. The Hall–Kier alpha value is -2.93. The van der Waals surface area contributed by atoms with E-state index in [0.29, 0.717) is 35.1 Å². The molecule has 0 bridgehead atoms. The number of hydrogen-bond donors (Lipinski definition) is 1. The van der Waals surface area contributed by atoms with Gasteiger partial charge in [-0.1, -0.05) is 6.08 Å². The minimum atomic E-state index is -0.337. The molecule has 0 fully saturated rings. The molecule has 28 heavy (non-hydrogen) atoms. The van der Waals surface area contributed by atoms with Crippen molar-refractivity contribution in [2.45, 2.75) is 11.8 Å². The molecule has 1 N–H and O–H groups in total. The molecular weight excluding hydrogens is 378 g/mol. The second-order valence-corrected chi connectivity index (χ2v) is 6.61. The summed E-state index contributed by atoms with van der Waals surface area (Å²) in [6, 6.07) is 12.5. The number of thioether (sulfide) groups is 1. The molecular formula is C21H23NO5S. The molecule has 7 heteroatoms. The molecule has 2 rings (SSSR count). The molecule has 0 saturated heterocycles. The fourth-order valence-electron chi connectivity index (χ4n) is 2.29. The van der Waals surface area contributed by atoms with Crippen LogP contribution in [0.1, 0.15) is 17.3 Å². The Balaban J connectivity index is 1.91. The Morgan fingerprint density at radius 3 is 2.39 bits per heavy atom. The highest BCUT2D eigenvalue weighted by Crippen LogP contribution is 2.28. The van der Waals surface area contributed by atoms with Crippen molar-refractivity contribution < 1.29 is 23.8 Å². The van der Waals surface area contributed by atoms with E-state index in [1.54, 1.807) is 50.1 Å². The number of esters is 1. The Morgan fingerprint density at radius 1 is 1.04 bits per heavy atom. The van der Waals surface area contributed by atoms with Gasteiger partial charge in [0.05, 0.1) is 20.8 Å². The number of rotatable bonds is 9. The zero-order valence-corrected chi connectivity index (χ0v) is 16.9. The van der Waals surface area contributed by atoms with Crippen LogP contribution in [-0.4, -0.2) is 38.5 Å². The van der Waals surface area contributed by atoms with E-state index < -0.39 is 0 Å². The summed E-state index contributed by atoms with van der Waals surface area (Å²) < 4.78 is 15.2. The molecule has 0 aliphatic carbocycles. The average Bonchev–Trinajstić information content (AvgIpc) is 2.72. The Labute approximate surface area is 168 Å². The van der Waals surface area contributed by atoms with Gasteiger partial charge >= 0.3 is 5.97 Å². The topological polar surface area (TPSA) is 73.9 Å². The summed E-state index contributed by atoms with van der Waals surface area (Å²) in [5, 5.41) is 2.85. The number of anilines is 1. The first kappa shape index (κ1) is 21.4. The predicted molar refractivity (Wildman–Crippen MR) is 110 cm³/mol. The van der Waals surface area contributed by atoms with Crippen LogP contribution in [-0.2, 0) is 9.53 Å². The van der Waals surface area contributed by atoms with E-state index in [-0.39, 0.29) is 11.9 Å². The minimum absolute atomic E-state index is 0.237. The summed E-state index contributed by atoms with van der Waals surface area (Å²) in [6.07, 6.45) is 3.18. The second kappa shape index (κ2) is 11.0. The highest BCUT2D eigenvalue weighted by atomic mass is 32.2. The molecule has 0 saturated carbocycles. The number of amides is 1. The molecule has 0 radical (unpaired) electrons. The van der Waals surface area contributed by atoms with E-state index in [1.807, 2.05) is 24.3 Å². The summed E-state index contributed by atoms with van der Waals surface area (Å²) in [7, 11) is 3.07. The molecule has 148 valence electrons. The number of carbonyl (C=O) groups is 2. The molecule has 2 aromatic carbocycles. The van der Waals surface area contributed by atoms with Crippen molar-refractivity contribution in [2.75, 3.05) is 31.9 Å². The first-order valence-corrected chi connectivity index (χ1v) is 9.65. The van der Waals surface area contributed by atoms with E-state index in [4.69, 9.17) is 14.2 Å². The van der Waals surface area contributed by atoms with Crippen molar-refractivity contribution in [3.05, 3.63) is 60.2 Å². The zero-order chi connectivity index (χ0) is 20.4. The largest absolute Gasteiger partial charge is 0.493 e. The van der Waals surface area contributed by atoms with Crippen LogP contribution < -0.4 is 14.8 Å².